The number of carbonyl (C=O) groups is 1. The summed E-state index contributed by atoms with van der Waals surface area (Å²) in [4.78, 5) is 14.9. The zero-order chi connectivity index (χ0) is 22.3. The SMILES string of the molecule is CCS(=O)(=O)N[C@@H]1C[C@@]2(C)O[C@@]13CCO[C@H]1[C@@H]3[C@@H]2C(=O)N1c1cc(F)c(C#N)c(Cl)c1. The fourth-order valence-electron chi connectivity index (χ4n) is 5.96. The highest BCUT2D eigenvalue weighted by Crippen LogP contribution is 2.65. The van der Waals surface area contributed by atoms with Crippen molar-refractivity contribution in [2.24, 2.45) is 11.8 Å². The summed E-state index contributed by atoms with van der Waals surface area (Å²) in [6, 6.07) is 3.72. The molecule has 0 aliphatic carbocycles. The smallest absolute Gasteiger partial charge is 0.235 e. The summed E-state index contributed by atoms with van der Waals surface area (Å²) in [6.45, 7) is 3.64. The average Bonchev–Trinajstić information content (AvgIpc) is 3.25. The number of nitrogens with zero attached hydrogens (tertiary/aromatic N) is 2. The molecule has 4 fully saturated rings. The van der Waals surface area contributed by atoms with Gasteiger partial charge in [0, 0.05) is 12.3 Å². The topological polar surface area (TPSA) is 109 Å². The van der Waals surface area contributed by atoms with Gasteiger partial charge in [0.15, 0.2) is 0 Å². The van der Waals surface area contributed by atoms with Crippen LogP contribution < -0.4 is 9.62 Å². The molecule has 6 atom stereocenters. The van der Waals surface area contributed by atoms with Crippen LogP contribution in [-0.4, -0.2) is 50.2 Å². The van der Waals surface area contributed by atoms with Crippen LogP contribution in [0.4, 0.5) is 10.1 Å². The third-order valence-electron chi connectivity index (χ3n) is 7.17. The molecule has 4 saturated heterocycles. The van der Waals surface area contributed by atoms with Crippen molar-refractivity contribution in [3.05, 3.63) is 28.5 Å². The lowest BCUT2D eigenvalue weighted by atomic mass is 9.64. The average molecular weight is 470 g/mol. The molecule has 8 nitrogen and oxygen atoms in total. The van der Waals surface area contributed by atoms with E-state index in [1.54, 1.807) is 13.0 Å². The summed E-state index contributed by atoms with van der Waals surface area (Å²) in [5.74, 6) is -2.14. The van der Waals surface area contributed by atoms with Gasteiger partial charge in [-0.1, -0.05) is 11.6 Å². The van der Waals surface area contributed by atoms with Crippen LogP contribution in [0.15, 0.2) is 12.1 Å². The van der Waals surface area contributed by atoms with Crippen LogP contribution >= 0.6 is 11.6 Å². The second kappa shape index (κ2) is 6.62. The van der Waals surface area contributed by atoms with Gasteiger partial charge in [0.25, 0.3) is 0 Å². The third kappa shape index (κ3) is 2.74. The summed E-state index contributed by atoms with van der Waals surface area (Å²) in [7, 11) is -3.49. The number of hydrogen-bond donors (Lipinski definition) is 1. The lowest BCUT2D eigenvalue weighted by Crippen LogP contribution is -2.61. The van der Waals surface area contributed by atoms with Gasteiger partial charge in [0.05, 0.1) is 46.2 Å². The zero-order valence-corrected chi connectivity index (χ0v) is 18.5. The van der Waals surface area contributed by atoms with Crippen LogP contribution in [0.2, 0.25) is 5.02 Å². The fourth-order valence-corrected chi connectivity index (χ4v) is 7.09. The molecule has 2 bridgehead atoms. The molecule has 166 valence electrons. The van der Waals surface area contributed by atoms with E-state index in [2.05, 4.69) is 4.72 Å². The van der Waals surface area contributed by atoms with Crippen LogP contribution in [0.3, 0.4) is 0 Å². The van der Waals surface area contributed by atoms with E-state index in [9.17, 15) is 17.6 Å². The number of nitriles is 1. The molecule has 5 rings (SSSR count). The van der Waals surface area contributed by atoms with E-state index in [4.69, 9.17) is 26.3 Å². The molecule has 1 aromatic carbocycles. The second-order valence-corrected chi connectivity index (χ2v) is 11.2. The number of fused-ring (bicyclic) bond motifs is 2. The highest BCUT2D eigenvalue weighted by Gasteiger charge is 2.78. The number of ether oxygens (including phenoxy) is 2. The Balaban J connectivity index is 1.58. The Morgan fingerprint density at radius 2 is 2.19 bits per heavy atom. The molecule has 1 N–H and O–H groups in total. The highest BCUT2D eigenvalue weighted by molar-refractivity contribution is 7.89. The molecule has 31 heavy (non-hydrogen) atoms. The maximum atomic E-state index is 14.4. The van der Waals surface area contributed by atoms with Gasteiger partial charge < -0.3 is 9.47 Å². The van der Waals surface area contributed by atoms with Crippen LogP contribution in [-0.2, 0) is 24.3 Å². The summed E-state index contributed by atoms with van der Waals surface area (Å²) < 4.78 is 54.2. The first-order valence-electron chi connectivity index (χ1n) is 10.1. The predicted molar refractivity (Wildman–Crippen MR) is 108 cm³/mol. The first-order chi connectivity index (χ1) is 14.6. The van der Waals surface area contributed by atoms with Crippen LogP contribution in [0.5, 0.6) is 0 Å². The van der Waals surface area contributed by atoms with Gasteiger partial charge in [-0.25, -0.2) is 17.5 Å². The molecule has 0 aromatic heterocycles. The number of rotatable bonds is 4. The van der Waals surface area contributed by atoms with E-state index in [-0.39, 0.29) is 34.5 Å². The summed E-state index contributed by atoms with van der Waals surface area (Å²) in [6.07, 6.45) is 0.0635. The lowest BCUT2D eigenvalue weighted by molar-refractivity contribution is -0.143. The molecule has 4 heterocycles. The van der Waals surface area contributed by atoms with E-state index in [0.717, 1.165) is 6.07 Å². The van der Waals surface area contributed by atoms with Crippen LogP contribution in [0.25, 0.3) is 0 Å². The number of benzene rings is 1. The maximum absolute atomic E-state index is 14.4. The molecule has 1 amide bonds. The van der Waals surface area contributed by atoms with Crippen molar-refractivity contribution in [1.29, 1.82) is 5.26 Å². The number of sulfonamides is 1. The third-order valence-corrected chi connectivity index (χ3v) is 8.87. The van der Waals surface area contributed by atoms with Crippen LogP contribution in [0, 0.1) is 29.0 Å². The summed E-state index contributed by atoms with van der Waals surface area (Å²) in [5.41, 5.74) is -1.85. The minimum absolute atomic E-state index is 0.0572. The maximum Gasteiger partial charge on any atom is 0.235 e. The van der Waals surface area contributed by atoms with E-state index < -0.39 is 51.1 Å². The quantitative estimate of drug-likeness (QED) is 0.721. The van der Waals surface area contributed by atoms with E-state index >= 15 is 0 Å². The molecule has 0 unspecified atom stereocenters. The molecular formula is C20H21ClFN3O5S. The van der Waals surface area contributed by atoms with Crippen molar-refractivity contribution in [2.45, 2.75) is 50.2 Å². The summed E-state index contributed by atoms with van der Waals surface area (Å²) in [5, 5.41) is 8.99. The zero-order valence-electron chi connectivity index (χ0n) is 16.9. The molecular weight excluding hydrogens is 449 g/mol. The first-order valence-corrected chi connectivity index (χ1v) is 12.1. The summed E-state index contributed by atoms with van der Waals surface area (Å²) >= 11 is 6.08. The number of anilines is 1. The van der Waals surface area contributed by atoms with E-state index in [0.29, 0.717) is 12.8 Å². The number of amides is 1. The number of nitrogens with one attached hydrogen (secondary N) is 1. The van der Waals surface area contributed by atoms with Gasteiger partial charge in [-0.15, -0.1) is 0 Å². The van der Waals surface area contributed by atoms with Crippen molar-refractivity contribution >= 4 is 33.2 Å². The first kappa shape index (κ1) is 21.1. The van der Waals surface area contributed by atoms with Crippen molar-refractivity contribution in [2.75, 3.05) is 17.3 Å². The molecule has 0 radical (unpaired) electrons. The lowest BCUT2D eigenvalue weighted by Gasteiger charge is -2.45. The number of hydrogen-bond acceptors (Lipinski definition) is 6. The molecule has 11 heteroatoms. The van der Waals surface area contributed by atoms with E-state index in [1.807, 2.05) is 6.92 Å². The monoisotopic (exact) mass is 469 g/mol. The van der Waals surface area contributed by atoms with E-state index in [1.165, 1.54) is 11.0 Å². The Bertz CT molecular complexity index is 1120. The number of carbonyl (C=O) groups excluding carboxylic acids is 1. The Kier molecular flexibility index (Phi) is 4.51. The Morgan fingerprint density at radius 1 is 1.45 bits per heavy atom. The second-order valence-electron chi connectivity index (χ2n) is 8.77. The highest BCUT2D eigenvalue weighted by atomic mass is 35.5. The predicted octanol–water partition coefficient (Wildman–Crippen LogP) is 1.92. The molecule has 0 saturated carbocycles. The van der Waals surface area contributed by atoms with Crippen molar-refractivity contribution in [3.63, 3.8) is 0 Å². The molecule has 1 spiro atoms. The minimum atomic E-state index is -3.49. The minimum Gasteiger partial charge on any atom is -0.366 e. The van der Waals surface area contributed by atoms with Gasteiger partial charge in [0.2, 0.25) is 15.9 Å². The van der Waals surface area contributed by atoms with Gasteiger partial charge in [0.1, 0.15) is 23.7 Å². The van der Waals surface area contributed by atoms with Gasteiger partial charge in [-0.3, -0.25) is 9.69 Å². The van der Waals surface area contributed by atoms with Crippen LogP contribution in [0.1, 0.15) is 32.3 Å². The van der Waals surface area contributed by atoms with Gasteiger partial charge in [-0.2, -0.15) is 5.26 Å². The molecule has 1 aromatic rings. The van der Waals surface area contributed by atoms with Gasteiger partial charge >= 0.3 is 0 Å². The van der Waals surface area contributed by atoms with Crippen molar-refractivity contribution < 1.29 is 27.1 Å². The largest absolute Gasteiger partial charge is 0.366 e. The normalized spacial score (nSPS) is 38.4. The van der Waals surface area contributed by atoms with Crippen molar-refractivity contribution in [3.8, 4) is 6.07 Å². The molecule has 4 aliphatic rings. The Morgan fingerprint density at radius 3 is 2.84 bits per heavy atom. The van der Waals surface area contributed by atoms with Crippen molar-refractivity contribution in [1.82, 2.24) is 4.72 Å². The Labute approximate surface area is 184 Å². The standard InChI is InChI=1S/C20H21ClFN3O5S/c1-3-31(27,28)24-14-8-19(2)15-16-18(29-5-4-20(14,16)30-19)25(17(15)26)10-6-12(21)11(9-23)13(22)7-10/h6-7,14-16,18,24H,3-5,8H2,1-2H3/t14-,15-,16+,18+,19-,20+/m1/s1. The Hall–Kier alpha value is -1.77. The number of halogens is 2. The fraction of sp³-hybridized carbons (Fsp3) is 0.600. The molecule has 4 aliphatic heterocycles. The van der Waals surface area contributed by atoms with Gasteiger partial charge in [-0.05, 0) is 32.4 Å².